The van der Waals surface area contributed by atoms with Gasteiger partial charge in [-0.25, -0.2) is 9.78 Å². The van der Waals surface area contributed by atoms with E-state index in [1.807, 2.05) is 69.2 Å². The van der Waals surface area contributed by atoms with Crippen LogP contribution in [0.1, 0.15) is 5.56 Å². The van der Waals surface area contributed by atoms with Gasteiger partial charge in [0.2, 0.25) is 5.95 Å². The molecule has 7 heteroatoms. The zero-order valence-corrected chi connectivity index (χ0v) is 14.1. The van der Waals surface area contributed by atoms with Crippen molar-refractivity contribution in [2.75, 3.05) is 48.6 Å². The lowest BCUT2D eigenvalue weighted by Gasteiger charge is -2.19. The fraction of sp³-hybridized carbons (Fsp3) is 0.312. The van der Waals surface area contributed by atoms with E-state index in [1.165, 1.54) is 0 Å². The summed E-state index contributed by atoms with van der Waals surface area (Å²) in [5.41, 5.74) is 2.31. The van der Waals surface area contributed by atoms with Crippen molar-refractivity contribution in [1.29, 1.82) is 0 Å². The van der Waals surface area contributed by atoms with Crippen LogP contribution in [-0.4, -0.2) is 44.2 Å². The summed E-state index contributed by atoms with van der Waals surface area (Å²) < 4.78 is 0. The Hall–Kier alpha value is -2.83. The average Bonchev–Trinajstić information content (AvgIpc) is 2.49. The van der Waals surface area contributed by atoms with Gasteiger partial charge in [-0.1, -0.05) is 18.2 Å². The van der Waals surface area contributed by atoms with E-state index >= 15 is 0 Å². The molecule has 1 aromatic carbocycles. The summed E-state index contributed by atoms with van der Waals surface area (Å²) >= 11 is 0. The number of hydrogen-bond acceptors (Lipinski definition) is 5. The molecule has 2 rings (SSSR count). The minimum atomic E-state index is -0.330. The van der Waals surface area contributed by atoms with Gasteiger partial charge in [-0.3, -0.25) is 0 Å². The fourth-order valence-corrected chi connectivity index (χ4v) is 2.00. The maximum absolute atomic E-state index is 12.2. The summed E-state index contributed by atoms with van der Waals surface area (Å²) in [6.45, 7) is 1.94. The van der Waals surface area contributed by atoms with Crippen LogP contribution in [0.25, 0.3) is 0 Å². The van der Waals surface area contributed by atoms with Gasteiger partial charge >= 0.3 is 6.03 Å². The second-order valence-corrected chi connectivity index (χ2v) is 5.59. The molecule has 1 heterocycles. The highest BCUT2D eigenvalue weighted by Crippen LogP contribution is 2.23. The molecule has 0 saturated heterocycles. The second-order valence-electron chi connectivity index (χ2n) is 5.59. The summed E-state index contributed by atoms with van der Waals surface area (Å²) in [6.07, 6.45) is 1.61. The number of aromatic nitrogens is 2. The van der Waals surface area contributed by atoms with E-state index in [0.717, 1.165) is 11.3 Å². The second kappa shape index (κ2) is 6.95. The summed E-state index contributed by atoms with van der Waals surface area (Å²) in [5.74, 6) is 1.22. The average molecular weight is 314 g/mol. The van der Waals surface area contributed by atoms with Crippen molar-refractivity contribution in [2.45, 2.75) is 6.92 Å². The van der Waals surface area contributed by atoms with Crippen LogP contribution in [0, 0.1) is 6.92 Å². The molecule has 0 bridgehead atoms. The number of hydrogen-bond donors (Lipinski definition) is 2. The van der Waals surface area contributed by atoms with Gasteiger partial charge < -0.3 is 20.4 Å². The maximum Gasteiger partial charge on any atom is 0.323 e. The molecule has 7 nitrogen and oxygen atoms in total. The Labute approximate surface area is 136 Å². The Balaban J connectivity index is 2.19. The number of benzene rings is 1. The summed E-state index contributed by atoms with van der Waals surface area (Å²) in [6, 6.07) is 7.27. The number of carbonyl (C=O) groups excluding carboxylic acids is 1. The molecule has 0 atom stereocenters. The highest BCUT2D eigenvalue weighted by molar-refractivity contribution is 6.01. The van der Waals surface area contributed by atoms with Gasteiger partial charge in [-0.15, -0.1) is 0 Å². The van der Waals surface area contributed by atoms with Crippen LogP contribution in [0.15, 0.2) is 30.5 Å². The van der Waals surface area contributed by atoms with Crippen molar-refractivity contribution < 1.29 is 4.79 Å². The van der Waals surface area contributed by atoms with Gasteiger partial charge in [-0.2, -0.15) is 4.98 Å². The van der Waals surface area contributed by atoms with Crippen LogP contribution in [-0.2, 0) is 0 Å². The number of nitrogens with zero attached hydrogens (tertiary/aromatic N) is 4. The predicted molar refractivity (Wildman–Crippen MR) is 94.5 cm³/mol. The van der Waals surface area contributed by atoms with E-state index in [9.17, 15) is 4.79 Å². The predicted octanol–water partition coefficient (Wildman–Crippen LogP) is 2.56. The Kier molecular flexibility index (Phi) is 5.00. The van der Waals surface area contributed by atoms with E-state index in [-0.39, 0.29) is 6.03 Å². The van der Waals surface area contributed by atoms with E-state index in [1.54, 1.807) is 6.20 Å². The molecule has 0 aliphatic rings. The largest absolute Gasteiger partial charge is 0.361 e. The van der Waals surface area contributed by atoms with Gasteiger partial charge in [-0.05, 0) is 18.6 Å². The van der Waals surface area contributed by atoms with Gasteiger partial charge in [0.1, 0.15) is 5.69 Å². The number of amides is 2. The number of rotatable bonds is 4. The zero-order chi connectivity index (χ0) is 17.0. The topological polar surface area (TPSA) is 73.4 Å². The van der Waals surface area contributed by atoms with Gasteiger partial charge in [0.05, 0.1) is 6.20 Å². The zero-order valence-electron chi connectivity index (χ0n) is 14.1. The van der Waals surface area contributed by atoms with Crippen molar-refractivity contribution in [3.63, 3.8) is 0 Å². The molecular formula is C16H22N6O. The van der Waals surface area contributed by atoms with Crippen LogP contribution < -0.4 is 20.4 Å². The number of para-hydroxylation sites is 1. The standard InChI is InChI=1S/C16H22N6O/c1-11-8-6-7-9-12(11)18-16(23)19-13-10-17-15(22(4)5)20-14(13)21(2)3/h6-10H,1-5H3,(H2,18,19,23). The quantitative estimate of drug-likeness (QED) is 0.907. The highest BCUT2D eigenvalue weighted by atomic mass is 16.2. The van der Waals surface area contributed by atoms with Crippen molar-refractivity contribution in [3.05, 3.63) is 36.0 Å². The monoisotopic (exact) mass is 314 g/mol. The molecule has 2 aromatic rings. The minimum Gasteiger partial charge on any atom is -0.361 e. The number of nitrogens with one attached hydrogen (secondary N) is 2. The van der Waals surface area contributed by atoms with E-state index in [0.29, 0.717) is 17.5 Å². The van der Waals surface area contributed by atoms with Gasteiger partial charge in [0, 0.05) is 33.9 Å². The third-order valence-electron chi connectivity index (χ3n) is 3.22. The highest BCUT2D eigenvalue weighted by Gasteiger charge is 2.13. The molecule has 0 unspecified atom stereocenters. The first kappa shape index (κ1) is 16.5. The normalized spacial score (nSPS) is 10.1. The maximum atomic E-state index is 12.2. The van der Waals surface area contributed by atoms with Crippen molar-refractivity contribution >= 4 is 29.2 Å². The molecule has 122 valence electrons. The number of aryl methyl sites for hydroxylation is 1. The first-order valence-corrected chi connectivity index (χ1v) is 7.24. The lowest BCUT2D eigenvalue weighted by atomic mass is 10.2. The Morgan fingerprint density at radius 3 is 2.26 bits per heavy atom. The number of urea groups is 1. The van der Waals surface area contributed by atoms with Crippen LogP contribution in [0.2, 0.25) is 0 Å². The molecule has 2 amide bonds. The third-order valence-corrected chi connectivity index (χ3v) is 3.22. The number of carbonyl (C=O) groups is 1. The summed E-state index contributed by atoms with van der Waals surface area (Å²) in [5, 5.41) is 5.63. The first-order chi connectivity index (χ1) is 10.9. The molecule has 0 aliphatic heterocycles. The van der Waals surface area contributed by atoms with Crippen molar-refractivity contribution in [2.24, 2.45) is 0 Å². The summed E-state index contributed by atoms with van der Waals surface area (Å²) in [7, 11) is 7.47. The van der Waals surface area contributed by atoms with E-state index < -0.39 is 0 Å². The lowest BCUT2D eigenvalue weighted by molar-refractivity contribution is 0.262. The van der Waals surface area contributed by atoms with Gasteiger partial charge in [0.15, 0.2) is 5.82 Å². The van der Waals surface area contributed by atoms with Crippen molar-refractivity contribution in [1.82, 2.24) is 9.97 Å². The lowest BCUT2D eigenvalue weighted by Crippen LogP contribution is -2.24. The van der Waals surface area contributed by atoms with Crippen molar-refractivity contribution in [3.8, 4) is 0 Å². The Bertz CT molecular complexity index is 699. The molecule has 23 heavy (non-hydrogen) atoms. The van der Waals surface area contributed by atoms with E-state index in [4.69, 9.17) is 0 Å². The van der Waals surface area contributed by atoms with Crippen LogP contribution in [0.3, 0.4) is 0 Å². The third kappa shape index (κ3) is 4.09. The number of anilines is 4. The molecule has 0 radical (unpaired) electrons. The Morgan fingerprint density at radius 1 is 1.00 bits per heavy atom. The minimum absolute atomic E-state index is 0.330. The van der Waals surface area contributed by atoms with E-state index in [2.05, 4.69) is 20.6 Å². The molecular weight excluding hydrogens is 292 g/mol. The van der Waals surface area contributed by atoms with Crippen LogP contribution in [0.4, 0.5) is 27.9 Å². The molecule has 0 spiro atoms. The SMILES string of the molecule is Cc1ccccc1NC(=O)Nc1cnc(N(C)C)nc1N(C)C. The fourth-order valence-electron chi connectivity index (χ4n) is 2.00. The molecule has 0 saturated carbocycles. The smallest absolute Gasteiger partial charge is 0.323 e. The first-order valence-electron chi connectivity index (χ1n) is 7.24. The molecule has 0 fully saturated rings. The van der Waals surface area contributed by atoms with Crippen LogP contribution >= 0.6 is 0 Å². The van der Waals surface area contributed by atoms with Gasteiger partial charge in [0.25, 0.3) is 0 Å². The van der Waals surface area contributed by atoms with Crippen LogP contribution in [0.5, 0.6) is 0 Å². The summed E-state index contributed by atoms with van der Waals surface area (Å²) in [4.78, 5) is 24.6. The molecule has 0 aliphatic carbocycles. The molecule has 2 N–H and O–H groups in total. The molecule has 1 aromatic heterocycles. The Morgan fingerprint density at radius 2 is 1.65 bits per heavy atom.